The standard InChI is InChI=1S/C17H18O2/c18-11-2-4-12-10(9-11)1-3-14-13(12)5-6-16-15(14)7-8-17(16)19/h1-4,9,12-16H,5-8H2. The van der Waals surface area contributed by atoms with Crippen molar-refractivity contribution in [2.24, 2.45) is 29.6 Å². The summed E-state index contributed by atoms with van der Waals surface area (Å²) in [4.78, 5) is 23.4. The highest BCUT2D eigenvalue weighted by atomic mass is 16.1. The monoisotopic (exact) mass is 254 g/mol. The fraction of sp³-hybridized carbons (Fsp3) is 0.529. The zero-order valence-corrected chi connectivity index (χ0v) is 10.9. The molecule has 0 aliphatic heterocycles. The quantitative estimate of drug-likeness (QED) is 0.666. The molecule has 0 aromatic carbocycles. The SMILES string of the molecule is O=C1C=CC2C(=C1)C=CC1C2CCC2C(=O)CCC21. The molecule has 5 atom stereocenters. The van der Waals surface area contributed by atoms with Crippen molar-refractivity contribution >= 4 is 11.6 Å². The van der Waals surface area contributed by atoms with Crippen LogP contribution in [0.4, 0.5) is 0 Å². The third-order valence-corrected chi connectivity index (χ3v) is 5.59. The molecule has 4 rings (SSSR count). The molecule has 0 bridgehead atoms. The van der Waals surface area contributed by atoms with Gasteiger partial charge in [0.25, 0.3) is 0 Å². The summed E-state index contributed by atoms with van der Waals surface area (Å²) >= 11 is 0. The number of hydrogen-bond donors (Lipinski definition) is 0. The summed E-state index contributed by atoms with van der Waals surface area (Å²) in [5.41, 5.74) is 1.18. The number of hydrogen-bond acceptors (Lipinski definition) is 2. The zero-order chi connectivity index (χ0) is 13.0. The summed E-state index contributed by atoms with van der Waals surface area (Å²) in [6, 6.07) is 0. The van der Waals surface area contributed by atoms with Crippen LogP contribution in [0.5, 0.6) is 0 Å². The highest BCUT2D eigenvalue weighted by Crippen LogP contribution is 2.52. The Morgan fingerprint density at radius 3 is 2.74 bits per heavy atom. The number of allylic oxidation sites excluding steroid dienone is 6. The molecule has 2 heteroatoms. The second kappa shape index (κ2) is 4.03. The van der Waals surface area contributed by atoms with Gasteiger partial charge in [0, 0.05) is 18.3 Å². The van der Waals surface area contributed by atoms with Crippen LogP contribution in [0.25, 0.3) is 0 Å². The minimum Gasteiger partial charge on any atom is -0.299 e. The number of Topliss-reactive ketones (excluding diaryl/α,β-unsaturated/α-hetero) is 1. The lowest BCUT2D eigenvalue weighted by Gasteiger charge is -2.44. The Morgan fingerprint density at radius 1 is 0.947 bits per heavy atom. The van der Waals surface area contributed by atoms with Gasteiger partial charge < -0.3 is 0 Å². The predicted octanol–water partition coefficient (Wildman–Crippen LogP) is 2.86. The van der Waals surface area contributed by atoms with E-state index in [1.54, 1.807) is 12.2 Å². The van der Waals surface area contributed by atoms with Gasteiger partial charge in [-0.25, -0.2) is 0 Å². The van der Waals surface area contributed by atoms with Gasteiger partial charge in [0.1, 0.15) is 5.78 Å². The third-order valence-electron chi connectivity index (χ3n) is 5.59. The molecule has 2 fully saturated rings. The van der Waals surface area contributed by atoms with E-state index in [0.29, 0.717) is 35.4 Å². The van der Waals surface area contributed by atoms with Gasteiger partial charge in [-0.2, -0.15) is 0 Å². The molecule has 0 heterocycles. The molecular formula is C17H18O2. The average Bonchev–Trinajstić information content (AvgIpc) is 2.80. The number of fused-ring (bicyclic) bond motifs is 5. The summed E-state index contributed by atoms with van der Waals surface area (Å²) < 4.78 is 0. The summed E-state index contributed by atoms with van der Waals surface area (Å²) in [7, 11) is 0. The number of ketones is 2. The molecule has 19 heavy (non-hydrogen) atoms. The van der Waals surface area contributed by atoms with Crippen LogP contribution < -0.4 is 0 Å². The Hall–Kier alpha value is -1.44. The maximum atomic E-state index is 11.9. The largest absolute Gasteiger partial charge is 0.299 e. The molecule has 2 nitrogen and oxygen atoms in total. The Kier molecular flexibility index (Phi) is 2.41. The van der Waals surface area contributed by atoms with Crippen LogP contribution >= 0.6 is 0 Å². The van der Waals surface area contributed by atoms with Gasteiger partial charge in [-0.3, -0.25) is 9.59 Å². The smallest absolute Gasteiger partial charge is 0.178 e. The van der Waals surface area contributed by atoms with Crippen LogP contribution in [0.1, 0.15) is 25.7 Å². The van der Waals surface area contributed by atoms with Crippen molar-refractivity contribution in [3.05, 3.63) is 36.0 Å². The van der Waals surface area contributed by atoms with E-state index in [0.717, 1.165) is 25.7 Å². The van der Waals surface area contributed by atoms with E-state index in [-0.39, 0.29) is 5.78 Å². The van der Waals surface area contributed by atoms with Gasteiger partial charge in [0.15, 0.2) is 5.78 Å². The molecule has 5 unspecified atom stereocenters. The van der Waals surface area contributed by atoms with Gasteiger partial charge >= 0.3 is 0 Å². The number of carbonyl (C=O) groups is 2. The first kappa shape index (κ1) is 11.4. The predicted molar refractivity (Wildman–Crippen MR) is 72.3 cm³/mol. The molecule has 0 N–H and O–H groups in total. The van der Waals surface area contributed by atoms with Crippen molar-refractivity contribution in [2.45, 2.75) is 25.7 Å². The normalized spacial score (nSPS) is 43.6. The van der Waals surface area contributed by atoms with E-state index in [4.69, 9.17) is 0 Å². The van der Waals surface area contributed by atoms with E-state index in [2.05, 4.69) is 18.2 Å². The van der Waals surface area contributed by atoms with Gasteiger partial charge in [-0.05, 0) is 54.7 Å². The molecule has 0 aromatic heterocycles. The maximum absolute atomic E-state index is 11.9. The second-order valence-electron chi connectivity index (χ2n) is 6.38. The minimum absolute atomic E-state index is 0.110. The third kappa shape index (κ3) is 1.62. The Balaban J connectivity index is 1.70. The second-order valence-corrected chi connectivity index (χ2v) is 6.38. The van der Waals surface area contributed by atoms with Crippen molar-refractivity contribution in [1.29, 1.82) is 0 Å². The van der Waals surface area contributed by atoms with Crippen LogP contribution in [-0.4, -0.2) is 11.6 Å². The lowest BCUT2D eigenvalue weighted by Crippen LogP contribution is -2.38. The van der Waals surface area contributed by atoms with Crippen LogP contribution in [0.15, 0.2) is 36.0 Å². The average molecular weight is 254 g/mol. The summed E-state index contributed by atoms with van der Waals surface area (Å²) in [5.74, 6) is 3.05. The molecular weight excluding hydrogens is 236 g/mol. The first-order chi connectivity index (χ1) is 9.24. The van der Waals surface area contributed by atoms with E-state index in [1.807, 2.05) is 0 Å². The van der Waals surface area contributed by atoms with E-state index in [1.165, 1.54) is 5.57 Å². The van der Waals surface area contributed by atoms with E-state index >= 15 is 0 Å². The lowest BCUT2D eigenvalue weighted by molar-refractivity contribution is -0.122. The lowest BCUT2D eigenvalue weighted by atomic mass is 9.59. The van der Waals surface area contributed by atoms with Crippen LogP contribution in [-0.2, 0) is 9.59 Å². The van der Waals surface area contributed by atoms with Crippen molar-refractivity contribution in [3.8, 4) is 0 Å². The van der Waals surface area contributed by atoms with Crippen molar-refractivity contribution < 1.29 is 9.59 Å². The maximum Gasteiger partial charge on any atom is 0.178 e. The Morgan fingerprint density at radius 2 is 1.84 bits per heavy atom. The molecule has 4 aliphatic carbocycles. The molecule has 98 valence electrons. The first-order valence-corrected chi connectivity index (χ1v) is 7.39. The summed E-state index contributed by atoms with van der Waals surface area (Å²) in [5, 5.41) is 0. The van der Waals surface area contributed by atoms with Gasteiger partial charge in [-0.1, -0.05) is 18.2 Å². The highest BCUT2D eigenvalue weighted by molar-refractivity contribution is 6.01. The van der Waals surface area contributed by atoms with Crippen LogP contribution in [0.2, 0.25) is 0 Å². The fourth-order valence-corrected chi connectivity index (χ4v) is 4.75. The van der Waals surface area contributed by atoms with Gasteiger partial charge in [-0.15, -0.1) is 0 Å². The molecule has 2 saturated carbocycles. The highest BCUT2D eigenvalue weighted by Gasteiger charge is 2.48. The van der Waals surface area contributed by atoms with Gasteiger partial charge in [0.05, 0.1) is 0 Å². The molecule has 0 amide bonds. The number of rotatable bonds is 0. The fourth-order valence-electron chi connectivity index (χ4n) is 4.75. The molecule has 4 aliphatic rings. The van der Waals surface area contributed by atoms with Crippen LogP contribution in [0.3, 0.4) is 0 Å². The zero-order valence-electron chi connectivity index (χ0n) is 10.9. The topological polar surface area (TPSA) is 34.1 Å². The number of carbonyl (C=O) groups excluding carboxylic acids is 2. The molecule has 0 radical (unpaired) electrons. The van der Waals surface area contributed by atoms with Crippen molar-refractivity contribution in [2.75, 3.05) is 0 Å². The van der Waals surface area contributed by atoms with E-state index in [9.17, 15) is 9.59 Å². The van der Waals surface area contributed by atoms with Crippen molar-refractivity contribution in [1.82, 2.24) is 0 Å². The van der Waals surface area contributed by atoms with Crippen molar-refractivity contribution in [3.63, 3.8) is 0 Å². The molecule has 0 spiro atoms. The molecule has 0 aromatic rings. The summed E-state index contributed by atoms with van der Waals surface area (Å²) in [6.45, 7) is 0. The Bertz CT molecular complexity index is 537. The first-order valence-electron chi connectivity index (χ1n) is 7.39. The molecule has 0 saturated heterocycles. The van der Waals surface area contributed by atoms with E-state index < -0.39 is 0 Å². The summed E-state index contributed by atoms with van der Waals surface area (Å²) in [6.07, 6.45) is 14.1. The minimum atomic E-state index is 0.110. The Labute approximate surface area is 113 Å². The van der Waals surface area contributed by atoms with Crippen LogP contribution in [0, 0.1) is 29.6 Å². The van der Waals surface area contributed by atoms with Gasteiger partial charge in [0.2, 0.25) is 0 Å².